The van der Waals surface area contributed by atoms with Crippen molar-refractivity contribution in [2.75, 3.05) is 13.7 Å². The van der Waals surface area contributed by atoms with Gasteiger partial charge in [-0.25, -0.2) is 4.98 Å². The smallest absolute Gasteiger partial charge is 0.124 e. The van der Waals surface area contributed by atoms with Gasteiger partial charge in [-0.15, -0.1) is 0 Å². The van der Waals surface area contributed by atoms with Gasteiger partial charge < -0.3 is 15.5 Å². The van der Waals surface area contributed by atoms with E-state index < -0.39 is 0 Å². The number of ether oxygens (including phenoxy) is 1. The van der Waals surface area contributed by atoms with E-state index in [1.165, 1.54) is 0 Å². The SMILES string of the molecule is COCCC(N)c1nc(-c2ccc(Cl)cc2)c(C)[nH]1. The fourth-order valence-corrected chi connectivity index (χ4v) is 2.06. The van der Waals surface area contributed by atoms with Crippen LogP contribution in [0.15, 0.2) is 24.3 Å². The van der Waals surface area contributed by atoms with Crippen LogP contribution in [0.1, 0.15) is 24.0 Å². The molecule has 4 nitrogen and oxygen atoms in total. The summed E-state index contributed by atoms with van der Waals surface area (Å²) in [6.07, 6.45) is 0.740. The number of aromatic amines is 1. The van der Waals surface area contributed by atoms with Crippen LogP contribution in [0, 0.1) is 6.92 Å². The van der Waals surface area contributed by atoms with E-state index in [0.717, 1.165) is 29.2 Å². The monoisotopic (exact) mass is 279 g/mol. The maximum atomic E-state index is 6.07. The molecular weight excluding hydrogens is 262 g/mol. The lowest BCUT2D eigenvalue weighted by Gasteiger charge is -2.06. The quantitative estimate of drug-likeness (QED) is 0.884. The molecule has 1 atom stereocenters. The van der Waals surface area contributed by atoms with E-state index in [9.17, 15) is 0 Å². The number of nitrogens with zero attached hydrogens (tertiary/aromatic N) is 1. The summed E-state index contributed by atoms with van der Waals surface area (Å²) in [7, 11) is 1.67. The van der Waals surface area contributed by atoms with E-state index in [4.69, 9.17) is 22.1 Å². The van der Waals surface area contributed by atoms with Gasteiger partial charge in [-0.3, -0.25) is 0 Å². The molecule has 19 heavy (non-hydrogen) atoms. The number of aryl methyl sites for hydroxylation is 1. The molecule has 1 heterocycles. The third kappa shape index (κ3) is 3.35. The van der Waals surface area contributed by atoms with Crippen molar-refractivity contribution < 1.29 is 4.74 Å². The Kier molecular flexibility index (Phi) is 4.58. The van der Waals surface area contributed by atoms with Gasteiger partial charge in [0.2, 0.25) is 0 Å². The molecule has 1 unspecified atom stereocenters. The molecule has 0 saturated carbocycles. The van der Waals surface area contributed by atoms with Gasteiger partial charge >= 0.3 is 0 Å². The summed E-state index contributed by atoms with van der Waals surface area (Å²) in [6, 6.07) is 7.48. The standard InChI is InChI=1S/C14H18ClN3O/c1-9-13(10-3-5-11(15)6-4-10)18-14(17-9)12(16)7-8-19-2/h3-6,12H,7-8,16H2,1-2H3,(H,17,18). The van der Waals surface area contributed by atoms with Gasteiger partial charge in [0.05, 0.1) is 11.7 Å². The first-order valence-corrected chi connectivity index (χ1v) is 6.56. The minimum atomic E-state index is -0.139. The summed E-state index contributed by atoms with van der Waals surface area (Å²) >= 11 is 5.89. The maximum absolute atomic E-state index is 6.07. The lowest BCUT2D eigenvalue weighted by Crippen LogP contribution is -2.14. The average molecular weight is 280 g/mol. The van der Waals surface area contributed by atoms with Crippen LogP contribution >= 0.6 is 11.6 Å². The fraction of sp³-hybridized carbons (Fsp3) is 0.357. The van der Waals surface area contributed by atoms with Crippen molar-refractivity contribution >= 4 is 11.6 Å². The normalized spacial score (nSPS) is 12.6. The lowest BCUT2D eigenvalue weighted by atomic mass is 10.1. The summed E-state index contributed by atoms with van der Waals surface area (Å²) in [5.41, 5.74) is 9.02. The number of aromatic nitrogens is 2. The van der Waals surface area contributed by atoms with Crippen molar-refractivity contribution in [2.45, 2.75) is 19.4 Å². The van der Waals surface area contributed by atoms with Gasteiger partial charge in [0.1, 0.15) is 5.82 Å². The number of methoxy groups -OCH3 is 1. The number of H-pyrrole nitrogens is 1. The van der Waals surface area contributed by atoms with Crippen LogP contribution in [0.25, 0.3) is 11.3 Å². The molecule has 0 bridgehead atoms. The highest BCUT2D eigenvalue weighted by Gasteiger charge is 2.14. The minimum Gasteiger partial charge on any atom is -0.385 e. The van der Waals surface area contributed by atoms with Crippen molar-refractivity contribution in [1.82, 2.24) is 9.97 Å². The van der Waals surface area contributed by atoms with Crippen molar-refractivity contribution in [2.24, 2.45) is 5.73 Å². The molecule has 0 fully saturated rings. The van der Waals surface area contributed by atoms with Crippen LogP contribution in [0.5, 0.6) is 0 Å². The molecule has 1 aromatic heterocycles. The Labute approximate surface area is 117 Å². The molecule has 5 heteroatoms. The lowest BCUT2D eigenvalue weighted by molar-refractivity contribution is 0.187. The number of nitrogens with one attached hydrogen (secondary N) is 1. The predicted octanol–water partition coefficient (Wildman–Crippen LogP) is 3.07. The fourth-order valence-electron chi connectivity index (χ4n) is 1.93. The summed E-state index contributed by atoms with van der Waals surface area (Å²) in [4.78, 5) is 7.83. The van der Waals surface area contributed by atoms with Gasteiger partial charge in [-0.2, -0.15) is 0 Å². The van der Waals surface area contributed by atoms with E-state index in [1.807, 2.05) is 31.2 Å². The molecule has 0 aliphatic carbocycles. The van der Waals surface area contributed by atoms with Gasteiger partial charge in [0.15, 0.2) is 0 Å². The molecule has 1 aromatic carbocycles. The highest BCUT2D eigenvalue weighted by Crippen LogP contribution is 2.24. The van der Waals surface area contributed by atoms with E-state index in [1.54, 1.807) is 7.11 Å². The number of hydrogen-bond donors (Lipinski definition) is 2. The van der Waals surface area contributed by atoms with Crippen LogP contribution in [0.2, 0.25) is 5.02 Å². The maximum Gasteiger partial charge on any atom is 0.124 e. The van der Waals surface area contributed by atoms with E-state index >= 15 is 0 Å². The zero-order chi connectivity index (χ0) is 13.8. The van der Waals surface area contributed by atoms with Crippen LogP contribution < -0.4 is 5.73 Å². The average Bonchev–Trinajstić information content (AvgIpc) is 2.79. The second kappa shape index (κ2) is 6.19. The van der Waals surface area contributed by atoms with E-state index in [0.29, 0.717) is 11.6 Å². The molecule has 0 aliphatic heterocycles. The Morgan fingerprint density at radius 1 is 1.37 bits per heavy atom. The van der Waals surface area contributed by atoms with Crippen LogP contribution in [-0.4, -0.2) is 23.7 Å². The minimum absolute atomic E-state index is 0.139. The number of imidazole rings is 1. The summed E-state index contributed by atoms with van der Waals surface area (Å²) < 4.78 is 5.03. The highest BCUT2D eigenvalue weighted by molar-refractivity contribution is 6.30. The molecule has 2 rings (SSSR count). The van der Waals surface area contributed by atoms with Crippen molar-refractivity contribution in [3.63, 3.8) is 0 Å². The summed E-state index contributed by atoms with van der Waals surface area (Å²) in [5, 5.41) is 0.717. The zero-order valence-electron chi connectivity index (χ0n) is 11.1. The van der Waals surface area contributed by atoms with Crippen LogP contribution in [0.3, 0.4) is 0 Å². The molecule has 2 aromatic rings. The molecule has 0 aliphatic rings. The third-order valence-electron chi connectivity index (χ3n) is 3.00. The number of halogens is 1. The topological polar surface area (TPSA) is 63.9 Å². The number of nitrogens with two attached hydrogens (primary N) is 1. The largest absolute Gasteiger partial charge is 0.385 e. The van der Waals surface area contributed by atoms with Gasteiger partial charge in [-0.05, 0) is 25.5 Å². The first kappa shape index (κ1) is 14.1. The van der Waals surface area contributed by atoms with Gasteiger partial charge in [-0.1, -0.05) is 23.7 Å². The van der Waals surface area contributed by atoms with Gasteiger partial charge in [0.25, 0.3) is 0 Å². The molecule has 3 N–H and O–H groups in total. The first-order valence-electron chi connectivity index (χ1n) is 6.18. The Morgan fingerprint density at radius 2 is 2.05 bits per heavy atom. The highest BCUT2D eigenvalue weighted by atomic mass is 35.5. The first-order chi connectivity index (χ1) is 9.11. The van der Waals surface area contributed by atoms with Crippen molar-refractivity contribution in [3.8, 4) is 11.3 Å². The molecule has 0 amide bonds. The second-order valence-electron chi connectivity index (χ2n) is 4.49. The second-order valence-corrected chi connectivity index (χ2v) is 4.93. The summed E-state index contributed by atoms with van der Waals surface area (Å²) in [5.74, 6) is 0.791. The van der Waals surface area contributed by atoms with Crippen molar-refractivity contribution in [1.29, 1.82) is 0 Å². The number of rotatable bonds is 5. The predicted molar refractivity (Wildman–Crippen MR) is 77.2 cm³/mol. The van der Waals surface area contributed by atoms with Crippen LogP contribution in [-0.2, 0) is 4.74 Å². The Hall–Kier alpha value is -1.36. The molecule has 0 radical (unpaired) electrons. The molecule has 0 saturated heterocycles. The van der Waals surface area contributed by atoms with E-state index in [2.05, 4.69) is 9.97 Å². The van der Waals surface area contributed by atoms with Crippen molar-refractivity contribution in [3.05, 3.63) is 40.8 Å². The zero-order valence-corrected chi connectivity index (χ0v) is 11.9. The molecular formula is C14H18ClN3O. The number of hydrogen-bond acceptors (Lipinski definition) is 3. The third-order valence-corrected chi connectivity index (χ3v) is 3.26. The molecule has 0 spiro atoms. The Balaban J connectivity index is 2.23. The number of benzene rings is 1. The molecule has 102 valence electrons. The van der Waals surface area contributed by atoms with Gasteiger partial charge in [0, 0.05) is 30.0 Å². The van der Waals surface area contributed by atoms with Crippen LogP contribution in [0.4, 0.5) is 0 Å². The Morgan fingerprint density at radius 3 is 2.68 bits per heavy atom. The Bertz CT molecular complexity index is 536. The summed E-state index contributed by atoms with van der Waals surface area (Å²) in [6.45, 7) is 2.61. The van der Waals surface area contributed by atoms with E-state index in [-0.39, 0.29) is 6.04 Å².